The highest BCUT2D eigenvalue weighted by Gasteiger charge is 2.15. The molecule has 1 N–H and O–H groups in total. The van der Waals surface area contributed by atoms with E-state index in [0.29, 0.717) is 0 Å². The summed E-state index contributed by atoms with van der Waals surface area (Å²) in [5, 5.41) is 4.25. The molecule has 0 bridgehead atoms. The normalized spacial score (nSPS) is 15.0. The van der Waals surface area contributed by atoms with Gasteiger partial charge in [-0.2, -0.15) is 0 Å². The van der Waals surface area contributed by atoms with Crippen LogP contribution < -0.4 is 10.2 Å². The van der Waals surface area contributed by atoms with Gasteiger partial charge in [0.05, 0.1) is 10.2 Å². The van der Waals surface area contributed by atoms with Crippen molar-refractivity contribution in [1.29, 1.82) is 0 Å². The monoisotopic (exact) mass is 402 g/mol. The fourth-order valence-corrected chi connectivity index (χ4v) is 4.47. The van der Waals surface area contributed by atoms with Crippen molar-refractivity contribution in [2.24, 2.45) is 0 Å². The maximum absolute atomic E-state index is 4.73. The summed E-state index contributed by atoms with van der Waals surface area (Å²) in [6.07, 6.45) is 5.50. The second-order valence-corrected chi connectivity index (χ2v) is 8.28. The molecule has 1 fully saturated rings. The maximum Gasteiger partial charge on any atom is 0.189 e. The van der Waals surface area contributed by atoms with E-state index in [1.54, 1.807) is 11.3 Å². The highest BCUT2D eigenvalue weighted by atomic mass is 32.1. The summed E-state index contributed by atoms with van der Waals surface area (Å²) in [6, 6.07) is 14.6. The zero-order valence-electron chi connectivity index (χ0n) is 16.2. The summed E-state index contributed by atoms with van der Waals surface area (Å²) in [6.45, 7) is 4.25. The Hall–Kier alpha value is -3.03. The summed E-state index contributed by atoms with van der Waals surface area (Å²) in [4.78, 5) is 18.1. The van der Waals surface area contributed by atoms with E-state index >= 15 is 0 Å². The van der Waals surface area contributed by atoms with E-state index in [0.717, 1.165) is 52.9 Å². The molecule has 6 nitrogen and oxygen atoms in total. The second kappa shape index (κ2) is 7.77. The van der Waals surface area contributed by atoms with Crippen LogP contribution in [-0.4, -0.2) is 53.1 Å². The zero-order valence-corrected chi connectivity index (χ0v) is 17.1. The Kier molecular flexibility index (Phi) is 4.83. The molecule has 0 radical (unpaired) electrons. The topological polar surface area (TPSA) is 57.2 Å². The molecule has 0 spiro atoms. The summed E-state index contributed by atoms with van der Waals surface area (Å²) in [5.41, 5.74) is 4.53. The van der Waals surface area contributed by atoms with Crippen LogP contribution >= 0.6 is 11.3 Å². The molecule has 1 aliphatic rings. The summed E-state index contributed by atoms with van der Waals surface area (Å²) < 4.78 is 1.15. The van der Waals surface area contributed by atoms with E-state index in [4.69, 9.17) is 4.98 Å². The van der Waals surface area contributed by atoms with E-state index < -0.39 is 0 Å². The lowest BCUT2D eigenvalue weighted by Gasteiger charge is -2.34. The molecule has 1 aromatic carbocycles. The minimum atomic E-state index is 0.829. The average Bonchev–Trinajstić information content (AvgIpc) is 3.16. The number of fused-ring (bicyclic) bond motifs is 1. The van der Waals surface area contributed by atoms with Crippen molar-refractivity contribution in [2.45, 2.75) is 0 Å². The number of anilines is 3. The lowest BCUT2D eigenvalue weighted by molar-refractivity contribution is 0.313. The van der Waals surface area contributed by atoms with Gasteiger partial charge in [0.2, 0.25) is 0 Å². The van der Waals surface area contributed by atoms with Gasteiger partial charge in [-0.25, -0.2) is 9.97 Å². The van der Waals surface area contributed by atoms with Gasteiger partial charge in [0.15, 0.2) is 5.13 Å². The van der Waals surface area contributed by atoms with Crippen LogP contribution in [-0.2, 0) is 0 Å². The molecule has 29 heavy (non-hydrogen) atoms. The van der Waals surface area contributed by atoms with Crippen molar-refractivity contribution in [3.05, 3.63) is 61.1 Å². The Morgan fingerprint density at radius 2 is 1.72 bits per heavy atom. The number of thiazole rings is 1. The van der Waals surface area contributed by atoms with Gasteiger partial charge in [-0.05, 0) is 48.5 Å². The number of rotatable bonds is 4. The van der Waals surface area contributed by atoms with Crippen molar-refractivity contribution in [3.8, 4) is 11.1 Å². The van der Waals surface area contributed by atoms with Crippen molar-refractivity contribution in [3.63, 3.8) is 0 Å². The van der Waals surface area contributed by atoms with Crippen molar-refractivity contribution >= 4 is 38.2 Å². The van der Waals surface area contributed by atoms with E-state index in [1.165, 1.54) is 11.3 Å². The molecule has 4 aromatic rings. The molecule has 0 amide bonds. The first-order valence-corrected chi connectivity index (χ1v) is 10.5. The Balaban J connectivity index is 1.37. The number of nitrogens with one attached hydrogen (secondary N) is 1. The van der Waals surface area contributed by atoms with Crippen molar-refractivity contribution in [1.82, 2.24) is 19.9 Å². The second-order valence-electron chi connectivity index (χ2n) is 7.25. The molecule has 4 heterocycles. The van der Waals surface area contributed by atoms with E-state index in [9.17, 15) is 0 Å². The molecular weight excluding hydrogens is 380 g/mol. The highest BCUT2D eigenvalue weighted by molar-refractivity contribution is 7.22. The minimum Gasteiger partial charge on any atom is -0.369 e. The van der Waals surface area contributed by atoms with Crippen molar-refractivity contribution < 1.29 is 0 Å². The summed E-state index contributed by atoms with van der Waals surface area (Å²) in [7, 11) is 2.17. The molecule has 1 saturated heterocycles. The zero-order chi connectivity index (χ0) is 19.6. The molecule has 3 aromatic heterocycles. The number of hydrogen-bond donors (Lipinski definition) is 1. The lowest BCUT2D eigenvalue weighted by atomic mass is 10.1. The van der Waals surface area contributed by atoms with Crippen molar-refractivity contribution in [2.75, 3.05) is 43.4 Å². The summed E-state index contributed by atoms with van der Waals surface area (Å²) >= 11 is 1.64. The molecule has 0 atom stereocenters. The molecule has 7 heteroatoms. The Morgan fingerprint density at radius 3 is 2.55 bits per heavy atom. The lowest BCUT2D eigenvalue weighted by Crippen LogP contribution is -2.44. The Morgan fingerprint density at radius 1 is 0.897 bits per heavy atom. The fraction of sp³-hybridized carbons (Fsp3) is 0.227. The number of piperazine rings is 1. The van der Waals surface area contributed by atoms with Gasteiger partial charge < -0.3 is 15.1 Å². The van der Waals surface area contributed by atoms with Crippen LogP contribution in [0, 0.1) is 0 Å². The first-order valence-electron chi connectivity index (χ1n) is 9.72. The number of nitrogens with zero attached hydrogens (tertiary/aromatic N) is 5. The minimum absolute atomic E-state index is 0.829. The quantitative estimate of drug-likeness (QED) is 0.551. The first-order chi connectivity index (χ1) is 14.2. The molecule has 0 unspecified atom stereocenters. The molecule has 5 rings (SSSR count). The van der Waals surface area contributed by atoms with Crippen LogP contribution in [0.2, 0.25) is 0 Å². The third-order valence-electron chi connectivity index (χ3n) is 5.25. The predicted octanol–water partition coefficient (Wildman–Crippen LogP) is 4.25. The SMILES string of the molecule is CN1CCN(c2ccnc(Nc3nc4ccc(-c5ccncc5)cc4s3)c2)CC1. The number of likely N-dealkylation sites (N-methyl/N-ethyl adjacent to an activating group) is 1. The Bertz CT molecular complexity index is 1120. The third-order valence-corrected chi connectivity index (χ3v) is 6.18. The largest absolute Gasteiger partial charge is 0.369 e. The van der Waals surface area contributed by atoms with Crippen LogP contribution in [0.1, 0.15) is 0 Å². The van der Waals surface area contributed by atoms with Gasteiger partial charge in [-0.1, -0.05) is 17.4 Å². The fourth-order valence-electron chi connectivity index (χ4n) is 3.56. The number of aromatic nitrogens is 3. The van der Waals surface area contributed by atoms with E-state index in [1.807, 2.05) is 30.7 Å². The van der Waals surface area contributed by atoms with Gasteiger partial charge >= 0.3 is 0 Å². The highest BCUT2D eigenvalue weighted by Crippen LogP contribution is 2.32. The van der Waals surface area contributed by atoms with Crippen LogP contribution in [0.15, 0.2) is 61.1 Å². The Labute approximate surface area is 173 Å². The average molecular weight is 403 g/mol. The van der Waals surface area contributed by atoms with Gasteiger partial charge in [0.25, 0.3) is 0 Å². The van der Waals surface area contributed by atoms with Crippen LogP contribution in [0.5, 0.6) is 0 Å². The van der Waals surface area contributed by atoms with Crippen LogP contribution in [0.25, 0.3) is 21.3 Å². The van der Waals surface area contributed by atoms with Gasteiger partial charge in [0, 0.05) is 56.5 Å². The number of pyridine rings is 2. The molecule has 146 valence electrons. The standard InChI is InChI=1S/C22H22N6S/c1-27-10-12-28(13-11-27)18-6-9-24-21(15-18)26-22-25-19-3-2-17(14-20(19)29-22)16-4-7-23-8-5-16/h2-9,14-15H,10-13H2,1H3,(H,24,25,26). The van der Waals surface area contributed by atoms with Gasteiger partial charge in [0.1, 0.15) is 5.82 Å². The van der Waals surface area contributed by atoms with Crippen LogP contribution in [0.3, 0.4) is 0 Å². The van der Waals surface area contributed by atoms with E-state index in [-0.39, 0.29) is 0 Å². The van der Waals surface area contributed by atoms with E-state index in [2.05, 4.69) is 62.5 Å². The molecule has 0 saturated carbocycles. The molecular formula is C22H22N6S. The van der Waals surface area contributed by atoms with Crippen LogP contribution in [0.4, 0.5) is 16.6 Å². The number of benzene rings is 1. The number of hydrogen-bond acceptors (Lipinski definition) is 7. The third kappa shape index (κ3) is 3.92. The summed E-state index contributed by atoms with van der Waals surface area (Å²) in [5.74, 6) is 0.829. The first kappa shape index (κ1) is 18.0. The maximum atomic E-state index is 4.73. The molecule has 1 aliphatic heterocycles. The predicted molar refractivity (Wildman–Crippen MR) is 120 cm³/mol. The van der Waals surface area contributed by atoms with Gasteiger partial charge in [-0.3, -0.25) is 4.98 Å². The smallest absolute Gasteiger partial charge is 0.189 e. The van der Waals surface area contributed by atoms with Gasteiger partial charge in [-0.15, -0.1) is 0 Å². The molecule has 0 aliphatic carbocycles.